The van der Waals surface area contributed by atoms with Crippen LogP contribution in [0.4, 0.5) is 0 Å². The number of amides is 1. The van der Waals surface area contributed by atoms with Crippen LogP contribution in [0.25, 0.3) is 10.9 Å². The van der Waals surface area contributed by atoms with Gasteiger partial charge in [-0.2, -0.15) is 0 Å². The second-order valence-corrected chi connectivity index (χ2v) is 8.55. The standard InChI is InChI=1S/C23H20N4O2S2/c1-2-13-27-22(29)17-10-6-7-11-18(17)25-23(27)31-15-19(28)26-20(21-24-12-14-30-21)16-8-4-3-5-9-16/h2-12,14,20H,1,13,15H2,(H,26,28). The largest absolute Gasteiger partial charge is 0.342 e. The van der Waals surface area contributed by atoms with Gasteiger partial charge in [0.2, 0.25) is 5.91 Å². The molecule has 0 fully saturated rings. The van der Waals surface area contributed by atoms with Crippen molar-refractivity contribution in [2.24, 2.45) is 0 Å². The number of benzene rings is 2. The molecule has 2 aromatic heterocycles. The van der Waals surface area contributed by atoms with Crippen molar-refractivity contribution in [2.75, 3.05) is 5.75 Å². The van der Waals surface area contributed by atoms with Gasteiger partial charge in [0, 0.05) is 18.1 Å². The van der Waals surface area contributed by atoms with Gasteiger partial charge >= 0.3 is 0 Å². The summed E-state index contributed by atoms with van der Waals surface area (Å²) in [5.41, 5.74) is 1.43. The Labute approximate surface area is 187 Å². The van der Waals surface area contributed by atoms with Gasteiger partial charge in [-0.15, -0.1) is 17.9 Å². The van der Waals surface area contributed by atoms with Crippen molar-refractivity contribution < 1.29 is 4.79 Å². The lowest BCUT2D eigenvalue weighted by Gasteiger charge is -2.17. The lowest BCUT2D eigenvalue weighted by molar-refractivity contribution is -0.119. The third-order valence-electron chi connectivity index (χ3n) is 4.61. The number of fused-ring (bicyclic) bond motifs is 1. The van der Waals surface area contributed by atoms with Crippen LogP contribution in [-0.2, 0) is 11.3 Å². The highest BCUT2D eigenvalue weighted by molar-refractivity contribution is 7.99. The smallest absolute Gasteiger partial charge is 0.262 e. The molecule has 0 aliphatic rings. The molecule has 0 saturated heterocycles. The highest BCUT2D eigenvalue weighted by atomic mass is 32.2. The highest BCUT2D eigenvalue weighted by Gasteiger charge is 2.20. The predicted octanol–water partition coefficient (Wildman–Crippen LogP) is 4.04. The Bertz CT molecular complexity index is 1250. The van der Waals surface area contributed by atoms with E-state index < -0.39 is 0 Å². The van der Waals surface area contributed by atoms with Gasteiger partial charge in [0.1, 0.15) is 11.0 Å². The van der Waals surface area contributed by atoms with Crippen molar-refractivity contribution in [3.63, 3.8) is 0 Å². The van der Waals surface area contributed by atoms with Gasteiger partial charge in [-0.05, 0) is 17.7 Å². The molecular formula is C23H20N4O2S2. The SMILES string of the molecule is C=CCn1c(SCC(=O)NC(c2ccccc2)c2nccs2)nc2ccccc2c1=O. The molecule has 0 saturated carbocycles. The van der Waals surface area contributed by atoms with Crippen LogP contribution in [0.5, 0.6) is 0 Å². The second-order valence-electron chi connectivity index (χ2n) is 6.69. The Hall–Kier alpha value is -3.23. The van der Waals surface area contributed by atoms with Crippen LogP contribution in [0.2, 0.25) is 0 Å². The molecule has 0 spiro atoms. The third-order valence-corrected chi connectivity index (χ3v) is 6.42. The predicted molar refractivity (Wildman–Crippen MR) is 125 cm³/mol. The number of thiazole rings is 1. The third kappa shape index (κ3) is 4.76. The molecular weight excluding hydrogens is 428 g/mol. The molecule has 2 heterocycles. The van der Waals surface area contributed by atoms with E-state index in [9.17, 15) is 9.59 Å². The van der Waals surface area contributed by atoms with Crippen molar-refractivity contribution in [3.8, 4) is 0 Å². The number of rotatable bonds is 8. The molecule has 1 atom stereocenters. The summed E-state index contributed by atoms with van der Waals surface area (Å²) < 4.78 is 1.54. The van der Waals surface area contributed by atoms with Gasteiger partial charge in [0.15, 0.2) is 5.16 Å². The van der Waals surface area contributed by atoms with Crippen molar-refractivity contribution in [2.45, 2.75) is 17.7 Å². The van der Waals surface area contributed by atoms with Crippen molar-refractivity contribution in [1.82, 2.24) is 19.9 Å². The molecule has 0 aliphatic carbocycles. The topological polar surface area (TPSA) is 76.9 Å². The van der Waals surface area contributed by atoms with Crippen LogP contribution < -0.4 is 10.9 Å². The van der Waals surface area contributed by atoms with E-state index in [1.165, 1.54) is 23.1 Å². The number of hydrogen-bond acceptors (Lipinski definition) is 6. The molecule has 31 heavy (non-hydrogen) atoms. The lowest BCUT2D eigenvalue weighted by Crippen LogP contribution is -2.31. The van der Waals surface area contributed by atoms with Crippen LogP contribution >= 0.6 is 23.1 Å². The van der Waals surface area contributed by atoms with Crippen molar-refractivity contribution >= 4 is 39.9 Å². The molecule has 156 valence electrons. The number of nitrogens with one attached hydrogen (secondary N) is 1. The molecule has 8 heteroatoms. The number of allylic oxidation sites excluding steroid dienone is 1. The zero-order chi connectivity index (χ0) is 21.6. The molecule has 0 radical (unpaired) electrons. The lowest BCUT2D eigenvalue weighted by atomic mass is 10.1. The van der Waals surface area contributed by atoms with Gasteiger partial charge < -0.3 is 5.32 Å². The van der Waals surface area contributed by atoms with Crippen LogP contribution in [-0.4, -0.2) is 26.2 Å². The maximum atomic E-state index is 12.9. The first-order chi connectivity index (χ1) is 15.2. The van der Waals surface area contributed by atoms with Gasteiger partial charge in [0.05, 0.1) is 16.7 Å². The second kappa shape index (κ2) is 9.72. The van der Waals surface area contributed by atoms with Gasteiger partial charge in [-0.1, -0.05) is 60.3 Å². The maximum Gasteiger partial charge on any atom is 0.262 e. The van der Waals surface area contributed by atoms with Crippen molar-refractivity contribution in [1.29, 1.82) is 0 Å². The van der Waals surface area contributed by atoms with E-state index in [-0.39, 0.29) is 23.3 Å². The fourth-order valence-electron chi connectivity index (χ4n) is 3.19. The normalized spacial score (nSPS) is 11.9. The summed E-state index contributed by atoms with van der Waals surface area (Å²) in [5, 5.41) is 6.80. The molecule has 4 rings (SSSR count). The number of carbonyl (C=O) groups excluding carboxylic acids is 1. The fraction of sp³-hybridized carbons (Fsp3) is 0.130. The molecule has 1 amide bonds. The van der Waals surface area contributed by atoms with Gasteiger partial charge in [-0.25, -0.2) is 9.97 Å². The average molecular weight is 449 g/mol. The first-order valence-corrected chi connectivity index (χ1v) is 11.5. The first-order valence-electron chi connectivity index (χ1n) is 9.64. The highest BCUT2D eigenvalue weighted by Crippen LogP contribution is 2.24. The monoisotopic (exact) mass is 448 g/mol. The van der Waals surface area contributed by atoms with E-state index in [0.29, 0.717) is 22.6 Å². The number of aromatic nitrogens is 3. The summed E-state index contributed by atoms with van der Waals surface area (Å²) in [6.45, 7) is 4.06. The Balaban J connectivity index is 1.55. The van der Waals surface area contributed by atoms with Crippen LogP contribution in [0, 0.1) is 0 Å². The zero-order valence-corrected chi connectivity index (χ0v) is 18.2. The minimum absolute atomic E-state index is 0.122. The molecule has 1 unspecified atom stereocenters. The molecule has 1 N–H and O–H groups in total. The summed E-state index contributed by atoms with van der Waals surface area (Å²) in [4.78, 5) is 34.7. The molecule has 4 aromatic rings. The van der Waals surface area contributed by atoms with E-state index in [4.69, 9.17) is 0 Å². The zero-order valence-electron chi connectivity index (χ0n) is 16.6. The average Bonchev–Trinajstić information content (AvgIpc) is 3.33. The van der Waals surface area contributed by atoms with Crippen LogP contribution in [0.3, 0.4) is 0 Å². The first kappa shape index (κ1) is 21.0. The summed E-state index contributed by atoms with van der Waals surface area (Å²) in [6.07, 6.45) is 3.37. The minimum Gasteiger partial charge on any atom is -0.342 e. The van der Waals surface area contributed by atoms with Crippen LogP contribution in [0.15, 0.2) is 88.8 Å². The molecule has 2 aromatic carbocycles. The quantitative estimate of drug-likeness (QED) is 0.250. The van der Waals surface area contributed by atoms with Crippen LogP contribution in [0.1, 0.15) is 16.6 Å². The Morgan fingerprint density at radius 1 is 1.19 bits per heavy atom. The Morgan fingerprint density at radius 3 is 2.71 bits per heavy atom. The Morgan fingerprint density at radius 2 is 1.97 bits per heavy atom. The summed E-state index contributed by atoms with van der Waals surface area (Å²) in [6, 6.07) is 16.6. The number of nitrogens with zero attached hydrogens (tertiary/aromatic N) is 3. The number of hydrogen-bond donors (Lipinski definition) is 1. The van der Waals surface area contributed by atoms with E-state index in [1.54, 1.807) is 29.0 Å². The molecule has 6 nitrogen and oxygen atoms in total. The summed E-state index contributed by atoms with van der Waals surface area (Å²) in [7, 11) is 0. The maximum absolute atomic E-state index is 12.9. The number of thioether (sulfide) groups is 1. The minimum atomic E-state index is -0.325. The number of para-hydroxylation sites is 1. The van der Waals surface area contributed by atoms with Gasteiger partial charge in [0.25, 0.3) is 5.56 Å². The van der Waals surface area contributed by atoms with E-state index in [1.807, 2.05) is 47.8 Å². The summed E-state index contributed by atoms with van der Waals surface area (Å²) >= 11 is 2.73. The van der Waals surface area contributed by atoms with E-state index in [0.717, 1.165) is 10.6 Å². The summed E-state index contributed by atoms with van der Waals surface area (Å²) in [5.74, 6) is -0.0435. The van der Waals surface area contributed by atoms with Crippen molar-refractivity contribution in [3.05, 3.63) is 99.8 Å². The molecule has 0 bridgehead atoms. The van der Waals surface area contributed by atoms with Gasteiger partial charge in [-0.3, -0.25) is 14.2 Å². The number of carbonyl (C=O) groups is 1. The van der Waals surface area contributed by atoms with E-state index >= 15 is 0 Å². The Kier molecular flexibility index (Phi) is 6.59. The molecule has 0 aliphatic heterocycles. The fourth-order valence-corrected chi connectivity index (χ4v) is 4.72. The van der Waals surface area contributed by atoms with E-state index in [2.05, 4.69) is 21.9 Å².